The van der Waals surface area contributed by atoms with Crippen LogP contribution >= 0.6 is 31.9 Å². The molecule has 3 aromatic rings. The molecule has 6 rings (SSSR count). The average Bonchev–Trinajstić information content (AvgIpc) is 3.57. The molecule has 0 amide bonds. The van der Waals surface area contributed by atoms with E-state index >= 15 is 0 Å². The summed E-state index contributed by atoms with van der Waals surface area (Å²) in [4.78, 5) is 47.9. The van der Waals surface area contributed by atoms with E-state index in [1.165, 1.54) is 19.2 Å². The van der Waals surface area contributed by atoms with Crippen molar-refractivity contribution < 1.29 is 37.0 Å². The van der Waals surface area contributed by atoms with Crippen molar-refractivity contribution in [2.45, 2.75) is 49.2 Å². The third-order valence-electron chi connectivity index (χ3n) is 8.70. The molecule has 48 heavy (non-hydrogen) atoms. The lowest BCUT2D eigenvalue weighted by Gasteiger charge is -2.40. The topological polar surface area (TPSA) is 132 Å². The first-order chi connectivity index (χ1) is 23.0. The monoisotopic (exact) mass is 799 g/mol. The number of aliphatic imine (C=N–C) groups is 1. The minimum Gasteiger partial charge on any atom is -0.467 e. The van der Waals surface area contributed by atoms with E-state index in [0.29, 0.717) is 15.7 Å². The summed E-state index contributed by atoms with van der Waals surface area (Å²) in [5.74, 6) is -2.64. The molecule has 0 radical (unpaired) electrons. The van der Waals surface area contributed by atoms with Gasteiger partial charge >= 0.3 is 17.9 Å². The standard InChI is InChI=1S/C34H31Br2N3O8S/c1-4-46-31(41)27-28(32(42)47-5-2)37-33-34(18-26(30(40)45-3)39(33)48(43,44)23-16-14-22(36)15-17-23)24-8-6-7-9-25(24)38(29(27)34)19-20-10-12-21(35)13-11-20/h6-17,26,29H,4-5,18-19H2,1-3H3/t26-,29?,34-/m0/s1. The number of hydrogen-bond donors (Lipinski definition) is 0. The molecule has 250 valence electrons. The Morgan fingerprint density at radius 1 is 0.896 bits per heavy atom. The van der Waals surface area contributed by atoms with Crippen LogP contribution in [0.25, 0.3) is 0 Å². The van der Waals surface area contributed by atoms with E-state index in [4.69, 9.17) is 19.2 Å². The van der Waals surface area contributed by atoms with Gasteiger partial charge in [-0.3, -0.25) is 0 Å². The number of anilines is 1. The Kier molecular flexibility index (Phi) is 9.26. The number of sulfonamides is 1. The van der Waals surface area contributed by atoms with Crippen molar-refractivity contribution in [3.05, 3.63) is 104 Å². The number of ether oxygens (including phenoxy) is 3. The fraction of sp³-hybridized carbons (Fsp3) is 0.294. The second-order valence-corrected chi connectivity index (χ2v) is 14.9. The number of esters is 3. The van der Waals surface area contributed by atoms with E-state index in [1.807, 2.05) is 47.4 Å². The SMILES string of the molecule is CCOC(=O)C1=C(C(=O)OCC)C2N(Cc3ccc(Br)cc3)c3ccccc3[C@@]23C[C@@H](C(=O)OC)N(S(=O)(=O)c2ccc(Br)cc2)C3=N1. The number of benzene rings is 3. The summed E-state index contributed by atoms with van der Waals surface area (Å²) in [6, 6.07) is 18.5. The highest BCUT2D eigenvalue weighted by Gasteiger charge is 2.68. The van der Waals surface area contributed by atoms with E-state index < -0.39 is 45.4 Å². The second-order valence-electron chi connectivity index (χ2n) is 11.3. The number of amidine groups is 1. The summed E-state index contributed by atoms with van der Waals surface area (Å²) in [6.07, 6.45) is -0.133. The minimum absolute atomic E-state index is 0.00322. The highest BCUT2D eigenvalue weighted by Crippen LogP contribution is 2.59. The Hall–Kier alpha value is -4.01. The van der Waals surface area contributed by atoms with Crippen LogP contribution in [0.5, 0.6) is 0 Å². The fourth-order valence-electron chi connectivity index (χ4n) is 6.84. The maximum Gasteiger partial charge on any atom is 0.357 e. The van der Waals surface area contributed by atoms with E-state index in [9.17, 15) is 22.8 Å². The number of rotatable bonds is 9. The van der Waals surface area contributed by atoms with Crippen molar-refractivity contribution in [3.63, 3.8) is 0 Å². The Balaban J connectivity index is 1.69. The van der Waals surface area contributed by atoms with Crippen LogP contribution in [-0.4, -0.2) is 68.9 Å². The maximum absolute atomic E-state index is 14.6. The number of carbonyl (C=O) groups is 3. The first-order valence-corrected chi connectivity index (χ1v) is 18.2. The molecule has 1 fully saturated rings. The number of halogens is 2. The second kappa shape index (κ2) is 13.1. The number of fused-ring (bicyclic) bond motifs is 1. The van der Waals surface area contributed by atoms with Gasteiger partial charge in [0, 0.05) is 21.2 Å². The van der Waals surface area contributed by atoms with Crippen LogP contribution in [0.1, 0.15) is 31.4 Å². The molecule has 1 spiro atoms. The van der Waals surface area contributed by atoms with Crippen LogP contribution in [0.15, 0.2) is 103 Å². The molecule has 0 aliphatic carbocycles. The molecule has 0 saturated carbocycles. The van der Waals surface area contributed by atoms with Crippen molar-refractivity contribution in [3.8, 4) is 0 Å². The largest absolute Gasteiger partial charge is 0.467 e. The van der Waals surface area contributed by atoms with Crippen molar-refractivity contribution >= 4 is 71.3 Å². The van der Waals surface area contributed by atoms with Gasteiger partial charge in [-0.15, -0.1) is 0 Å². The molecule has 3 aliphatic rings. The van der Waals surface area contributed by atoms with Gasteiger partial charge in [0.15, 0.2) is 5.70 Å². The summed E-state index contributed by atoms with van der Waals surface area (Å²) in [6.45, 7) is 3.48. The first kappa shape index (κ1) is 33.9. The fourth-order valence-corrected chi connectivity index (χ4v) is 9.00. The molecule has 3 aromatic carbocycles. The van der Waals surface area contributed by atoms with Gasteiger partial charge in [0.1, 0.15) is 11.9 Å². The summed E-state index contributed by atoms with van der Waals surface area (Å²) in [5, 5.41) is 0. The summed E-state index contributed by atoms with van der Waals surface area (Å²) < 4.78 is 47.9. The van der Waals surface area contributed by atoms with Crippen molar-refractivity contribution in [2.24, 2.45) is 4.99 Å². The molecule has 11 nitrogen and oxygen atoms in total. The number of methoxy groups -OCH3 is 1. The Labute approximate surface area is 294 Å². The lowest BCUT2D eigenvalue weighted by molar-refractivity contribution is -0.144. The number of hydrogen-bond acceptors (Lipinski definition) is 10. The predicted molar refractivity (Wildman–Crippen MR) is 184 cm³/mol. The third-order valence-corrected chi connectivity index (χ3v) is 11.6. The quantitative estimate of drug-likeness (QED) is 0.210. The van der Waals surface area contributed by atoms with E-state index in [1.54, 1.807) is 32.0 Å². The number of carbonyl (C=O) groups excluding carboxylic acids is 3. The van der Waals surface area contributed by atoms with Gasteiger partial charge < -0.3 is 19.1 Å². The zero-order valence-electron chi connectivity index (χ0n) is 26.2. The number of nitrogens with zero attached hydrogens (tertiary/aromatic N) is 3. The molecule has 3 aliphatic heterocycles. The van der Waals surface area contributed by atoms with Crippen LogP contribution in [0.4, 0.5) is 5.69 Å². The van der Waals surface area contributed by atoms with Crippen LogP contribution < -0.4 is 4.90 Å². The lowest BCUT2D eigenvalue weighted by Crippen LogP contribution is -2.55. The van der Waals surface area contributed by atoms with Gasteiger partial charge in [0.05, 0.1) is 42.2 Å². The molecule has 0 N–H and O–H groups in total. The van der Waals surface area contributed by atoms with Gasteiger partial charge in [-0.25, -0.2) is 32.1 Å². The molecular weight excluding hydrogens is 770 g/mol. The Morgan fingerprint density at radius 3 is 2.12 bits per heavy atom. The van der Waals surface area contributed by atoms with Crippen LogP contribution in [0.3, 0.4) is 0 Å². The molecular formula is C34H31Br2N3O8S. The smallest absolute Gasteiger partial charge is 0.357 e. The van der Waals surface area contributed by atoms with Crippen LogP contribution in [0, 0.1) is 0 Å². The molecule has 0 bridgehead atoms. The van der Waals surface area contributed by atoms with Gasteiger partial charge in [-0.05, 0) is 73.9 Å². The van der Waals surface area contributed by atoms with Crippen molar-refractivity contribution in [1.82, 2.24) is 4.31 Å². The maximum atomic E-state index is 14.6. The van der Waals surface area contributed by atoms with E-state index in [2.05, 4.69) is 31.9 Å². The average molecular weight is 802 g/mol. The Morgan fingerprint density at radius 2 is 1.50 bits per heavy atom. The minimum atomic E-state index is -4.50. The molecule has 0 aromatic heterocycles. The molecule has 14 heteroatoms. The normalized spacial score (nSPS) is 21.2. The summed E-state index contributed by atoms with van der Waals surface area (Å²) in [7, 11) is -3.32. The molecule has 1 unspecified atom stereocenters. The van der Waals surface area contributed by atoms with Gasteiger partial charge in [0.2, 0.25) is 0 Å². The molecule has 3 heterocycles. The molecule has 1 saturated heterocycles. The van der Waals surface area contributed by atoms with Gasteiger partial charge in [0.25, 0.3) is 10.0 Å². The Bertz CT molecular complexity index is 1960. The van der Waals surface area contributed by atoms with Crippen molar-refractivity contribution in [2.75, 3.05) is 25.2 Å². The predicted octanol–water partition coefficient (Wildman–Crippen LogP) is 5.27. The zero-order chi connectivity index (χ0) is 34.4. The van der Waals surface area contributed by atoms with Crippen LogP contribution in [-0.2, 0) is 50.6 Å². The lowest BCUT2D eigenvalue weighted by atomic mass is 9.69. The zero-order valence-corrected chi connectivity index (χ0v) is 30.2. The number of para-hydroxylation sites is 1. The van der Waals surface area contributed by atoms with Gasteiger partial charge in [-0.1, -0.05) is 62.2 Å². The van der Waals surface area contributed by atoms with Crippen LogP contribution in [0.2, 0.25) is 0 Å². The highest BCUT2D eigenvalue weighted by atomic mass is 79.9. The van der Waals surface area contributed by atoms with E-state index in [-0.39, 0.29) is 48.2 Å². The highest BCUT2D eigenvalue weighted by molar-refractivity contribution is 9.10. The van der Waals surface area contributed by atoms with Crippen molar-refractivity contribution in [1.29, 1.82) is 0 Å². The summed E-state index contributed by atoms with van der Waals surface area (Å²) >= 11 is 6.82. The molecule has 3 atom stereocenters. The first-order valence-electron chi connectivity index (χ1n) is 15.2. The third kappa shape index (κ3) is 5.43. The van der Waals surface area contributed by atoms with Gasteiger partial charge in [-0.2, -0.15) is 0 Å². The summed E-state index contributed by atoms with van der Waals surface area (Å²) in [5.41, 5.74) is 0.303. The van der Waals surface area contributed by atoms with E-state index in [0.717, 1.165) is 14.3 Å².